The number of thioether (sulfide) groups is 1. The maximum atomic E-state index is 6.20. The monoisotopic (exact) mass is 305 g/mol. The van der Waals surface area contributed by atoms with Gasteiger partial charge in [0.2, 0.25) is 0 Å². The van der Waals surface area contributed by atoms with Gasteiger partial charge in [-0.25, -0.2) is 0 Å². The first-order chi connectivity index (χ1) is 8.31. The minimum absolute atomic E-state index is 0.291. The van der Waals surface area contributed by atoms with Gasteiger partial charge in [-0.05, 0) is 31.2 Å². The summed E-state index contributed by atoms with van der Waals surface area (Å²) in [6.07, 6.45) is 0.926. The fraction of sp³-hybridized carbons (Fsp3) is 0.571. The van der Waals surface area contributed by atoms with Crippen molar-refractivity contribution < 1.29 is 0 Å². The molecule has 102 valence electrons. The second-order valence-corrected chi connectivity index (χ2v) is 8.04. The summed E-state index contributed by atoms with van der Waals surface area (Å²) in [7, 11) is 2.00. The molecule has 0 heterocycles. The fourth-order valence-electron chi connectivity index (χ4n) is 1.55. The molecule has 1 nitrogen and oxygen atoms in total. The van der Waals surface area contributed by atoms with Crippen LogP contribution in [0.2, 0.25) is 10.0 Å². The summed E-state index contributed by atoms with van der Waals surface area (Å²) in [5, 5.41) is 4.79. The van der Waals surface area contributed by atoms with E-state index in [1.165, 1.54) is 0 Å². The van der Waals surface area contributed by atoms with Crippen molar-refractivity contribution in [2.75, 3.05) is 12.8 Å². The average Bonchev–Trinajstić information content (AvgIpc) is 2.25. The van der Waals surface area contributed by atoms with Crippen LogP contribution < -0.4 is 5.32 Å². The zero-order valence-corrected chi connectivity index (χ0v) is 13.7. The standard InChI is InChI=1S/C14H21Cl2NS/c1-14(2,3)18-9-12(17-4)7-10-5-6-11(15)8-13(10)16/h5-6,8,12,17H,7,9H2,1-4H3. The maximum Gasteiger partial charge on any atom is 0.0453 e. The Morgan fingerprint density at radius 1 is 1.28 bits per heavy atom. The molecule has 1 rings (SSSR count). The Bertz CT molecular complexity index is 388. The smallest absolute Gasteiger partial charge is 0.0453 e. The predicted octanol–water partition coefficient (Wildman–Crippen LogP) is 4.66. The molecule has 0 aliphatic rings. The quantitative estimate of drug-likeness (QED) is 0.849. The van der Waals surface area contributed by atoms with E-state index in [-0.39, 0.29) is 0 Å². The second-order valence-electron chi connectivity index (χ2n) is 5.35. The van der Waals surface area contributed by atoms with Crippen LogP contribution in [0.5, 0.6) is 0 Å². The molecule has 0 bridgehead atoms. The highest BCUT2D eigenvalue weighted by atomic mass is 35.5. The molecular weight excluding hydrogens is 285 g/mol. The molecule has 0 spiro atoms. The van der Waals surface area contributed by atoms with Crippen LogP contribution in [0.15, 0.2) is 18.2 Å². The van der Waals surface area contributed by atoms with Gasteiger partial charge in [-0.2, -0.15) is 11.8 Å². The highest BCUT2D eigenvalue weighted by Gasteiger charge is 2.16. The van der Waals surface area contributed by atoms with Crippen LogP contribution >= 0.6 is 35.0 Å². The molecule has 0 fully saturated rings. The molecule has 0 aromatic heterocycles. The SMILES string of the molecule is CNC(CSC(C)(C)C)Cc1ccc(Cl)cc1Cl. The van der Waals surface area contributed by atoms with Crippen molar-refractivity contribution in [1.29, 1.82) is 0 Å². The van der Waals surface area contributed by atoms with Gasteiger partial charge in [0.15, 0.2) is 0 Å². The van der Waals surface area contributed by atoms with E-state index >= 15 is 0 Å². The third-order valence-electron chi connectivity index (χ3n) is 2.61. The lowest BCUT2D eigenvalue weighted by Crippen LogP contribution is -2.31. The van der Waals surface area contributed by atoms with Gasteiger partial charge in [-0.15, -0.1) is 0 Å². The minimum Gasteiger partial charge on any atom is -0.316 e. The van der Waals surface area contributed by atoms with Crippen LogP contribution in [-0.2, 0) is 6.42 Å². The molecule has 0 radical (unpaired) electrons. The predicted molar refractivity (Wildman–Crippen MR) is 85.2 cm³/mol. The summed E-state index contributed by atoms with van der Waals surface area (Å²) < 4.78 is 0.291. The number of halogens is 2. The highest BCUT2D eigenvalue weighted by molar-refractivity contribution is 8.00. The van der Waals surface area contributed by atoms with Crippen molar-refractivity contribution in [3.8, 4) is 0 Å². The van der Waals surface area contributed by atoms with Gasteiger partial charge in [0.05, 0.1) is 0 Å². The fourth-order valence-corrected chi connectivity index (χ4v) is 3.02. The van der Waals surface area contributed by atoms with Crippen molar-refractivity contribution in [3.63, 3.8) is 0 Å². The van der Waals surface area contributed by atoms with Crippen molar-refractivity contribution in [1.82, 2.24) is 5.32 Å². The van der Waals surface area contributed by atoms with E-state index in [4.69, 9.17) is 23.2 Å². The Labute approximate surface area is 125 Å². The molecule has 0 saturated heterocycles. The first-order valence-corrected chi connectivity index (χ1v) is 7.81. The van der Waals surface area contributed by atoms with E-state index in [2.05, 4.69) is 26.1 Å². The molecule has 0 saturated carbocycles. The third kappa shape index (κ3) is 5.83. The minimum atomic E-state index is 0.291. The van der Waals surface area contributed by atoms with Gasteiger partial charge in [0.1, 0.15) is 0 Å². The molecule has 1 aromatic rings. The summed E-state index contributed by atoms with van der Waals surface area (Å²) >= 11 is 14.1. The van der Waals surface area contributed by atoms with Gasteiger partial charge in [-0.1, -0.05) is 50.0 Å². The Morgan fingerprint density at radius 3 is 2.44 bits per heavy atom. The summed E-state index contributed by atoms with van der Waals surface area (Å²) in [6, 6.07) is 6.14. The Morgan fingerprint density at radius 2 is 1.94 bits per heavy atom. The summed E-state index contributed by atoms with van der Waals surface area (Å²) in [5.74, 6) is 1.07. The second kappa shape index (κ2) is 7.04. The maximum absolute atomic E-state index is 6.20. The van der Waals surface area contributed by atoms with E-state index in [9.17, 15) is 0 Å². The molecule has 0 aliphatic carbocycles. The molecule has 1 atom stereocenters. The number of nitrogens with one attached hydrogen (secondary N) is 1. The van der Waals surface area contributed by atoms with Crippen molar-refractivity contribution >= 4 is 35.0 Å². The molecule has 0 amide bonds. The Kier molecular flexibility index (Phi) is 6.32. The molecular formula is C14H21Cl2NS. The molecule has 1 aromatic carbocycles. The van der Waals surface area contributed by atoms with Gasteiger partial charge in [0, 0.05) is 26.6 Å². The Balaban J connectivity index is 2.62. The first kappa shape index (κ1) is 16.2. The largest absolute Gasteiger partial charge is 0.316 e. The van der Waals surface area contributed by atoms with Crippen molar-refractivity contribution in [2.45, 2.75) is 38.0 Å². The molecule has 18 heavy (non-hydrogen) atoms. The molecule has 1 unspecified atom stereocenters. The van der Waals surface area contributed by atoms with E-state index in [0.717, 1.165) is 22.8 Å². The molecule has 1 N–H and O–H groups in total. The van der Waals surface area contributed by atoms with Crippen molar-refractivity contribution in [2.24, 2.45) is 0 Å². The van der Waals surface area contributed by atoms with Gasteiger partial charge in [0.25, 0.3) is 0 Å². The number of benzene rings is 1. The zero-order chi connectivity index (χ0) is 13.8. The van der Waals surface area contributed by atoms with Gasteiger partial charge < -0.3 is 5.32 Å². The van der Waals surface area contributed by atoms with Crippen LogP contribution in [0.3, 0.4) is 0 Å². The van der Waals surface area contributed by atoms with Crippen molar-refractivity contribution in [3.05, 3.63) is 33.8 Å². The third-order valence-corrected chi connectivity index (χ3v) is 4.63. The van der Waals surface area contributed by atoms with Crippen LogP contribution in [0.1, 0.15) is 26.3 Å². The van der Waals surface area contributed by atoms with E-state index in [1.54, 1.807) is 0 Å². The molecule has 0 aliphatic heterocycles. The van der Waals surface area contributed by atoms with E-state index in [0.29, 0.717) is 15.8 Å². The lowest BCUT2D eigenvalue weighted by Gasteiger charge is -2.23. The van der Waals surface area contributed by atoms with Crippen LogP contribution in [0.25, 0.3) is 0 Å². The number of hydrogen-bond donors (Lipinski definition) is 1. The van der Waals surface area contributed by atoms with Crippen LogP contribution in [0, 0.1) is 0 Å². The summed E-state index contributed by atoms with van der Waals surface area (Å²) in [4.78, 5) is 0. The topological polar surface area (TPSA) is 12.0 Å². The summed E-state index contributed by atoms with van der Waals surface area (Å²) in [6.45, 7) is 6.71. The number of hydrogen-bond acceptors (Lipinski definition) is 2. The van der Waals surface area contributed by atoms with E-state index in [1.807, 2.05) is 37.0 Å². The lowest BCUT2D eigenvalue weighted by atomic mass is 10.1. The normalized spacial score (nSPS) is 13.7. The van der Waals surface area contributed by atoms with E-state index < -0.39 is 0 Å². The molecule has 4 heteroatoms. The van der Waals surface area contributed by atoms with Crippen LogP contribution in [0.4, 0.5) is 0 Å². The number of likely N-dealkylation sites (N-methyl/N-ethyl adjacent to an activating group) is 1. The average molecular weight is 306 g/mol. The van der Waals surface area contributed by atoms with Gasteiger partial charge >= 0.3 is 0 Å². The summed E-state index contributed by atoms with van der Waals surface area (Å²) in [5.41, 5.74) is 1.15. The Hall–Kier alpha value is 0.110. The lowest BCUT2D eigenvalue weighted by molar-refractivity contribution is 0.614. The first-order valence-electron chi connectivity index (χ1n) is 6.07. The highest BCUT2D eigenvalue weighted by Crippen LogP contribution is 2.26. The number of rotatable bonds is 5. The van der Waals surface area contributed by atoms with Gasteiger partial charge in [-0.3, -0.25) is 0 Å². The zero-order valence-electron chi connectivity index (χ0n) is 11.4. The van der Waals surface area contributed by atoms with Crippen LogP contribution in [-0.4, -0.2) is 23.6 Å².